The van der Waals surface area contributed by atoms with Gasteiger partial charge in [-0.15, -0.1) is 11.8 Å². The predicted molar refractivity (Wildman–Crippen MR) is 87.8 cm³/mol. The third kappa shape index (κ3) is 2.80. The monoisotopic (exact) mass is 366 g/mol. The van der Waals surface area contributed by atoms with E-state index in [0.29, 0.717) is 11.4 Å². The minimum Gasteiger partial charge on any atom is -0.299 e. The Balaban J connectivity index is 1.81. The Morgan fingerprint density at radius 3 is 2.90 bits per heavy atom. The van der Waals surface area contributed by atoms with Crippen molar-refractivity contribution >= 4 is 45.1 Å². The highest BCUT2D eigenvalue weighted by atomic mass is 79.9. The first-order chi connectivity index (χ1) is 9.65. The molecule has 3 rings (SSSR count). The van der Waals surface area contributed by atoms with Gasteiger partial charge in [0.05, 0.1) is 5.92 Å². The first kappa shape index (κ1) is 14.2. The molecule has 0 spiro atoms. The molecule has 1 unspecified atom stereocenters. The van der Waals surface area contributed by atoms with Gasteiger partial charge in [0.25, 0.3) is 0 Å². The van der Waals surface area contributed by atoms with Gasteiger partial charge in [0.15, 0.2) is 0 Å². The van der Waals surface area contributed by atoms with Crippen LogP contribution in [0.15, 0.2) is 51.8 Å². The second kappa shape index (κ2) is 5.92. The fraction of sp³-hybridized carbons (Fsp3) is 0.188. The smallest absolute Gasteiger partial charge is 0.145 e. The summed E-state index contributed by atoms with van der Waals surface area (Å²) in [5, 5.41) is 0.645. The van der Waals surface area contributed by atoms with Crippen LogP contribution in [0.2, 0.25) is 5.02 Å². The van der Waals surface area contributed by atoms with E-state index in [9.17, 15) is 4.79 Å². The number of carbonyl (C=O) groups excluding carboxylic acids is 1. The number of carbonyl (C=O) groups is 1. The van der Waals surface area contributed by atoms with Gasteiger partial charge in [0.1, 0.15) is 5.78 Å². The van der Waals surface area contributed by atoms with Crippen LogP contribution in [-0.4, -0.2) is 11.5 Å². The summed E-state index contributed by atoms with van der Waals surface area (Å²) < 4.78 is 0.931. The third-order valence-corrected chi connectivity index (χ3v) is 5.50. The van der Waals surface area contributed by atoms with Crippen LogP contribution < -0.4 is 0 Å². The molecule has 0 aromatic heterocycles. The topological polar surface area (TPSA) is 17.1 Å². The normalized spacial score (nSPS) is 17.0. The SMILES string of the molecule is O=C(Cc1ccc(Br)cc1Cl)C1CSc2ccccc21. The van der Waals surface area contributed by atoms with Gasteiger partial charge >= 0.3 is 0 Å². The molecule has 0 bridgehead atoms. The Bertz CT molecular complexity index is 671. The van der Waals surface area contributed by atoms with Crippen LogP contribution in [0.4, 0.5) is 0 Å². The van der Waals surface area contributed by atoms with Crippen molar-refractivity contribution in [1.82, 2.24) is 0 Å². The summed E-state index contributed by atoms with van der Waals surface area (Å²) in [6.45, 7) is 0. The summed E-state index contributed by atoms with van der Waals surface area (Å²) >= 11 is 11.3. The lowest BCUT2D eigenvalue weighted by Gasteiger charge is -2.10. The maximum absolute atomic E-state index is 12.5. The molecule has 102 valence electrons. The molecular weight excluding hydrogens is 356 g/mol. The van der Waals surface area contributed by atoms with E-state index in [1.165, 1.54) is 4.90 Å². The van der Waals surface area contributed by atoms with Crippen LogP contribution in [-0.2, 0) is 11.2 Å². The molecule has 1 atom stereocenters. The lowest BCUT2D eigenvalue weighted by atomic mass is 9.93. The fourth-order valence-corrected chi connectivity index (χ4v) is 4.41. The number of fused-ring (bicyclic) bond motifs is 1. The third-order valence-electron chi connectivity index (χ3n) is 3.47. The van der Waals surface area contributed by atoms with E-state index in [1.807, 2.05) is 30.3 Å². The van der Waals surface area contributed by atoms with E-state index in [1.54, 1.807) is 11.8 Å². The zero-order chi connectivity index (χ0) is 14.1. The zero-order valence-electron chi connectivity index (χ0n) is 10.6. The molecule has 0 aliphatic carbocycles. The first-order valence-corrected chi connectivity index (χ1v) is 8.49. The standard InChI is InChI=1S/C16H12BrClOS/c17-11-6-5-10(14(18)8-11)7-15(19)13-9-20-16-4-2-1-3-12(13)16/h1-6,8,13H,7,9H2. The van der Waals surface area contributed by atoms with Crippen molar-refractivity contribution in [2.75, 3.05) is 5.75 Å². The Hall–Kier alpha value is -0.770. The molecular formula is C16H12BrClOS. The molecule has 0 saturated heterocycles. The number of Topliss-reactive ketones (excluding diaryl/α,β-unsaturated/α-hetero) is 1. The van der Waals surface area contributed by atoms with Gasteiger partial charge in [0.2, 0.25) is 0 Å². The number of hydrogen-bond acceptors (Lipinski definition) is 2. The van der Waals surface area contributed by atoms with E-state index in [2.05, 4.69) is 28.1 Å². The van der Waals surface area contributed by atoms with Crippen molar-refractivity contribution in [2.24, 2.45) is 0 Å². The number of halogens is 2. The molecule has 1 aliphatic rings. The van der Waals surface area contributed by atoms with Gasteiger partial charge in [-0.1, -0.05) is 51.8 Å². The lowest BCUT2D eigenvalue weighted by molar-refractivity contribution is -0.119. The summed E-state index contributed by atoms with van der Waals surface area (Å²) in [4.78, 5) is 13.8. The highest BCUT2D eigenvalue weighted by Gasteiger charge is 2.28. The maximum Gasteiger partial charge on any atom is 0.145 e. The highest BCUT2D eigenvalue weighted by molar-refractivity contribution is 9.10. The number of benzene rings is 2. The minimum atomic E-state index is -0.00378. The largest absolute Gasteiger partial charge is 0.299 e. The number of ketones is 1. The molecule has 0 amide bonds. The van der Waals surface area contributed by atoms with Crippen molar-refractivity contribution in [3.63, 3.8) is 0 Å². The van der Waals surface area contributed by atoms with Crippen molar-refractivity contribution < 1.29 is 4.79 Å². The van der Waals surface area contributed by atoms with Gasteiger partial charge in [0, 0.05) is 26.6 Å². The average Bonchev–Trinajstić information content (AvgIpc) is 2.86. The van der Waals surface area contributed by atoms with E-state index in [0.717, 1.165) is 21.4 Å². The van der Waals surface area contributed by atoms with Gasteiger partial charge < -0.3 is 0 Å². The fourth-order valence-electron chi connectivity index (χ4n) is 2.41. The highest BCUT2D eigenvalue weighted by Crippen LogP contribution is 2.40. The van der Waals surface area contributed by atoms with Crippen molar-refractivity contribution in [2.45, 2.75) is 17.2 Å². The van der Waals surface area contributed by atoms with Crippen LogP contribution in [0.5, 0.6) is 0 Å². The van der Waals surface area contributed by atoms with Crippen LogP contribution in [0.3, 0.4) is 0 Å². The van der Waals surface area contributed by atoms with Crippen molar-refractivity contribution in [1.29, 1.82) is 0 Å². The Morgan fingerprint density at radius 1 is 1.30 bits per heavy atom. The Kier molecular flexibility index (Phi) is 4.20. The molecule has 1 aliphatic heterocycles. The molecule has 1 nitrogen and oxygen atoms in total. The quantitative estimate of drug-likeness (QED) is 0.750. The number of hydrogen-bond donors (Lipinski definition) is 0. The second-order valence-corrected chi connectivity index (χ2v) is 7.16. The van der Waals surface area contributed by atoms with Gasteiger partial charge in [-0.2, -0.15) is 0 Å². The number of rotatable bonds is 3. The summed E-state index contributed by atoms with van der Waals surface area (Å²) in [5.74, 6) is 1.08. The molecule has 20 heavy (non-hydrogen) atoms. The average molecular weight is 368 g/mol. The Morgan fingerprint density at radius 2 is 2.10 bits per heavy atom. The van der Waals surface area contributed by atoms with Crippen molar-refractivity contribution in [3.8, 4) is 0 Å². The second-order valence-electron chi connectivity index (χ2n) is 4.78. The molecule has 0 N–H and O–H groups in total. The van der Waals surface area contributed by atoms with Crippen LogP contribution >= 0.6 is 39.3 Å². The lowest BCUT2D eigenvalue weighted by Crippen LogP contribution is -2.15. The van der Waals surface area contributed by atoms with E-state index in [-0.39, 0.29) is 11.7 Å². The predicted octanol–water partition coefficient (Wildman–Crippen LogP) is 5.10. The van der Waals surface area contributed by atoms with Crippen LogP contribution in [0.1, 0.15) is 17.0 Å². The van der Waals surface area contributed by atoms with E-state index in [4.69, 9.17) is 11.6 Å². The molecule has 0 saturated carbocycles. The van der Waals surface area contributed by atoms with Crippen LogP contribution in [0, 0.1) is 0 Å². The van der Waals surface area contributed by atoms with Crippen LogP contribution in [0.25, 0.3) is 0 Å². The van der Waals surface area contributed by atoms with Gasteiger partial charge in [-0.25, -0.2) is 0 Å². The summed E-state index contributed by atoms with van der Waals surface area (Å²) in [5.41, 5.74) is 2.06. The summed E-state index contributed by atoms with van der Waals surface area (Å²) in [6, 6.07) is 13.8. The zero-order valence-corrected chi connectivity index (χ0v) is 13.8. The molecule has 0 radical (unpaired) electrons. The van der Waals surface area contributed by atoms with E-state index >= 15 is 0 Å². The molecule has 2 aromatic rings. The molecule has 4 heteroatoms. The van der Waals surface area contributed by atoms with Gasteiger partial charge in [-0.05, 0) is 29.3 Å². The molecule has 1 heterocycles. The summed E-state index contributed by atoms with van der Waals surface area (Å²) in [7, 11) is 0. The minimum absolute atomic E-state index is 0.00378. The molecule has 0 fully saturated rings. The Labute approximate surface area is 135 Å². The number of thioether (sulfide) groups is 1. The first-order valence-electron chi connectivity index (χ1n) is 6.33. The maximum atomic E-state index is 12.5. The summed E-state index contributed by atoms with van der Waals surface area (Å²) in [6.07, 6.45) is 0.395. The van der Waals surface area contributed by atoms with Gasteiger partial charge in [-0.3, -0.25) is 4.79 Å². The van der Waals surface area contributed by atoms with E-state index < -0.39 is 0 Å². The van der Waals surface area contributed by atoms with Crippen molar-refractivity contribution in [3.05, 3.63) is 63.1 Å². The molecule has 2 aromatic carbocycles.